The number of benzene rings is 3. The molecule has 0 aromatic heterocycles. The van der Waals surface area contributed by atoms with Gasteiger partial charge in [-0.2, -0.15) is 0 Å². The second kappa shape index (κ2) is 14.5. The summed E-state index contributed by atoms with van der Waals surface area (Å²) in [5.41, 5.74) is 2.23. The number of nitrogens with zero attached hydrogens (tertiary/aromatic N) is 1. The zero-order chi connectivity index (χ0) is 27.5. The molecule has 206 valence electrons. The van der Waals surface area contributed by atoms with Gasteiger partial charge in [-0.15, -0.1) is 0 Å². The molecule has 0 N–H and O–H groups in total. The standard InChI is InChI=1S/C33H39NO5/c1-24(2)33(36-22-26-11-7-5-8-12-26)25(3)21-34-37-23-32-31(38-29-17-15-28(35-4)16-18-29)20-19-30(39-32)27-13-9-6-10-14-27/h5-21,24-25,30-33H,22-23H2,1-4H3/t25-,30+,31+,32+,33-/m1/s1. The van der Waals surface area contributed by atoms with Crippen LogP contribution in [0.4, 0.5) is 0 Å². The van der Waals surface area contributed by atoms with Crippen molar-refractivity contribution in [3.63, 3.8) is 0 Å². The van der Waals surface area contributed by atoms with Crippen LogP contribution in [-0.4, -0.2) is 38.2 Å². The van der Waals surface area contributed by atoms with Crippen LogP contribution in [0.15, 0.2) is 102 Å². The summed E-state index contributed by atoms with van der Waals surface area (Å²) >= 11 is 0. The maximum atomic E-state index is 6.42. The van der Waals surface area contributed by atoms with Crippen LogP contribution in [0, 0.1) is 11.8 Å². The highest BCUT2D eigenvalue weighted by Crippen LogP contribution is 2.29. The largest absolute Gasteiger partial charge is 0.497 e. The lowest BCUT2D eigenvalue weighted by molar-refractivity contribution is -0.0879. The Hall–Kier alpha value is -3.61. The molecule has 0 saturated heterocycles. The second-order valence-electron chi connectivity index (χ2n) is 10.1. The van der Waals surface area contributed by atoms with Crippen LogP contribution in [0.5, 0.6) is 11.5 Å². The summed E-state index contributed by atoms with van der Waals surface area (Å²) in [5.74, 6) is 1.91. The smallest absolute Gasteiger partial charge is 0.147 e. The van der Waals surface area contributed by atoms with E-state index in [1.807, 2.05) is 79.0 Å². The fourth-order valence-corrected chi connectivity index (χ4v) is 4.60. The maximum Gasteiger partial charge on any atom is 0.147 e. The predicted octanol–water partition coefficient (Wildman–Crippen LogP) is 7.02. The quantitative estimate of drug-likeness (QED) is 0.135. The van der Waals surface area contributed by atoms with Crippen molar-refractivity contribution in [1.29, 1.82) is 0 Å². The first kappa shape index (κ1) is 28.4. The summed E-state index contributed by atoms with van der Waals surface area (Å²) in [4.78, 5) is 5.78. The minimum Gasteiger partial charge on any atom is -0.497 e. The normalized spacial score (nSPS) is 20.6. The third-order valence-corrected chi connectivity index (χ3v) is 6.69. The van der Waals surface area contributed by atoms with Crippen LogP contribution in [0.3, 0.4) is 0 Å². The molecule has 0 amide bonds. The molecule has 0 unspecified atom stereocenters. The molecule has 0 saturated carbocycles. The van der Waals surface area contributed by atoms with Gasteiger partial charge in [-0.05, 0) is 47.4 Å². The van der Waals surface area contributed by atoms with Crippen LogP contribution >= 0.6 is 0 Å². The zero-order valence-electron chi connectivity index (χ0n) is 23.2. The second-order valence-corrected chi connectivity index (χ2v) is 10.1. The van der Waals surface area contributed by atoms with Gasteiger partial charge in [0, 0.05) is 12.1 Å². The molecule has 6 heteroatoms. The van der Waals surface area contributed by atoms with E-state index in [1.54, 1.807) is 7.11 Å². The lowest BCUT2D eigenvalue weighted by Gasteiger charge is -2.32. The van der Waals surface area contributed by atoms with Gasteiger partial charge in [-0.3, -0.25) is 0 Å². The number of rotatable bonds is 13. The van der Waals surface area contributed by atoms with Crippen molar-refractivity contribution in [3.8, 4) is 11.5 Å². The molecule has 1 heterocycles. The van der Waals surface area contributed by atoms with Gasteiger partial charge >= 0.3 is 0 Å². The molecule has 4 rings (SSSR count). The molecule has 3 aromatic rings. The summed E-state index contributed by atoms with van der Waals surface area (Å²) < 4.78 is 24.2. The van der Waals surface area contributed by atoms with Gasteiger partial charge in [0.2, 0.25) is 0 Å². The fourth-order valence-electron chi connectivity index (χ4n) is 4.60. The Labute approximate surface area is 232 Å². The van der Waals surface area contributed by atoms with Crippen molar-refractivity contribution in [3.05, 3.63) is 108 Å². The van der Waals surface area contributed by atoms with Crippen molar-refractivity contribution in [2.75, 3.05) is 13.7 Å². The Bertz CT molecular complexity index is 1160. The Morgan fingerprint density at radius 1 is 0.846 bits per heavy atom. The molecule has 0 aliphatic carbocycles. The summed E-state index contributed by atoms with van der Waals surface area (Å²) in [6, 6.07) is 27.8. The first-order valence-electron chi connectivity index (χ1n) is 13.5. The van der Waals surface area contributed by atoms with Crippen molar-refractivity contribution >= 4 is 6.21 Å². The number of oxime groups is 1. The molecule has 39 heavy (non-hydrogen) atoms. The van der Waals surface area contributed by atoms with Gasteiger partial charge in [0.25, 0.3) is 0 Å². The van der Waals surface area contributed by atoms with Gasteiger partial charge in [0.15, 0.2) is 0 Å². The molecular weight excluding hydrogens is 490 g/mol. The predicted molar refractivity (Wildman–Crippen MR) is 154 cm³/mol. The molecule has 1 aliphatic heterocycles. The SMILES string of the molecule is COc1ccc(O[C@H]2C=C[C@@H](c3ccccc3)O[C@H]2CON=C[C@@H](C)[C@H](OCc2ccccc2)C(C)C)cc1. The van der Waals surface area contributed by atoms with Crippen LogP contribution in [0.2, 0.25) is 0 Å². The van der Waals surface area contributed by atoms with Gasteiger partial charge in [-0.1, -0.05) is 92.7 Å². The number of methoxy groups -OCH3 is 1. The highest BCUT2D eigenvalue weighted by atomic mass is 16.6. The summed E-state index contributed by atoms with van der Waals surface area (Å²) in [7, 11) is 1.64. The highest BCUT2D eigenvalue weighted by molar-refractivity contribution is 5.60. The zero-order valence-corrected chi connectivity index (χ0v) is 23.2. The van der Waals surface area contributed by atoms with E-state index in [9.17, 15) is 0 Å². The molecule has 0 spiro atoms. The fraction of sp³-hybridized carbons (Fsp3) is 0.364. The van der Waals surface area contributed by atoms with E-state index in [1.165, 1.54) is 0 Å². The lowest BCUT2D eigenvalue weighted by Crippen LogP contribution is -2.39. The average Bonchev–Trinajstić information content (AvgIpc) is 2.97. The Morgan fingerprint density at radius 3 is 2.18 bits per heavy atom. The molecule has 5 atom stereocenters. The maximum absolute atomic E-state index is 6.42. The first-order chi connectivity index (χ1) is 19.0. The van der Waals surface area contributed by atoms with E-state index >= 15 is 0 Å². The van der Waals surface area contributed by atoms with E-state index in [0.717, 1.165) is 22.6 Å². The summed E-state index contributed by atoms with van der Waals surface area (Å²) in [6.45, 7) is 7.23. The molecule has 0 fully saturated rings. The van der Waals surface area contributed by atoms with Crippen molar-refractivity contribution in [2.24, 2.45) is 17.0 Å². The average molecular weight is 530 g/mol. The number of ether oxygens (including phenoxy) is 4. The van der Waals surface area contributed by atoms with E-state index in [4.69, 9.17) is 23.8 Å². The van der Waals surface area contributed by atoms with Crippen LogP contribution in [0.25, 0.3) is 0 Å². The minimum absolute atomic E-state index is 0.0139. The van der Waals surface area contributed by atoms with E-state index < -0.39 is 0 Å². The Balaban J connectivity index is 1.38. The molecular formula is C33H39NO5. The van der Waals surface area contributed by atoms with Crippen LogP contribution < -0.4 is 9.47 Å². The topological polar surface area (TPSA) is 58.5 Å². The molecule has 3 aromatic carbocycles. The van der Waals surface area contributed by atoms with E-state index in [-0.39, 0.29) is 36.9 Å². The number of hydrogen-bond acceptors (Lipinski definition) is 6. The van der Waals surface area contributed by atoms with E-state index in [2.05, 4.69) is 50.2 Å². The van der Waals surface area contributed by atoms with E-state index in [0.29, 0.717) is 12.5 Å². The monoisotopic (exact) mass is 529 g/mol. The number of hydrogen-bond donors (Lipinski definition) is 0. The summed E-state index contributed by atoms with van der Waals surface area (Å²) in [5, 5.41) is 4.30. The van der Waals surface area contributed by atoms with Gasteiger partial charge in [0.1, 0.15) is 36.4 Å². The highest BCUT2D eigenvalue weighted by Gasteiger charge is 2.30. The van der Waals surface area contributed by atoms with Gasteiger partial charge < -0.3 is 23.8 Å². The van der Waals surface area contributed by atoms with Crippen molar-refractivity contribution in [1.82, 2.24) is 0 Å². The van der Waals surface area contributed by atoms with Crippen molar-refractivity contribution < 1.29 is 23.8 Å². The van der Waals surface area contributed by atoms with Crippen molar-refractivity contribution in [2.45, 2.75) is 51.8 Å². The Kier molecular flexibility index (Phi) is 10.6. The molecule has 0 bridgehead atoms. The molecule has 0 radical (unpaired) electrons. The first-order valence-corrected chi connectivity index (χ1v) is 13.5. The van der Waals surface area contributed by atoms with Gasteiger partial charge in [-0.25, -0.2) is 0 Å². The molecule has 6 nitrogen and oxygen atoms in total. The molecule has 1 aliphatic rings. The minimum atomic E-state index is -0.356. The third kappa shape index (κ3) is 8.44. The van der Waals surface area contributed by atoms with Gasteiger partial charge in [0.05, 0.1) is 19.8 Å². The van der Waals surface area contributed by atoms with Crippen LogP contribution in [-0.2, 0) is 20.9 Å². The lowest BCUT2D eigenvalue weighted by atomic mass is 9.95. The summed E-state index contributed by atoms with van der Waals surface area (Å²) in [6.07, 6.45) is 5.03. The Morgan fingerprint density at radius 2 is 1.51 bits per heavy atom. The third-order valence-electron chi connectivity index (χ3n) is 6.69. The van der Waals surface area contributed by atoms with Crippen LogP contribution in [0.1, 0.15) is 38.0 Å².